The lowest BCUT2D eigenvalue weighted by molar-refractivity contribution is -0.136. The Labute approximate surface area is 221 Å². The van der Waals surface area contributed by atoms with Crippen LogP contribution < -0.4 is 24.7 Å². The van der Waals surface area contributed by atoms with Gasteiger partial charge in [0.25, 0.3) is 0 Å². The van der Waals surface area contributed by atoms with Crippen molar-refractivity contribution in [3.05, 3.63) is 94.3 Å². The number of hydrogen-bond donors (Lipinski definition) is 1. The highest BCUT2D eigenvalue weighted by Gasteiger charge is 2.33. The summed E-state index contributed by atoms with van der Waals surface area (Å²) in [7, 11) is 0. The van der Waals surface area contributed by atoms with Crippen LogP contribution in [0.4, 0.5) is 0 Å². The molecule has 8 heteroatoms. The number of para-hydroxylation sites is 2. The molecule has 0 saturated carbocycles. The summed E-state index contributed by atoms with van der Waals surface area (Å²) in [5.74, 6) is 0.594. The maximum Gasteiger partial charge on any atom is 0.349 e. The van der Waals surface area contributed by atoms with Gasteiger partial charge >= 0.3 is 5.97 Å². The number of ether oxygens (including phenoxy) is 4. The summed E-state index contributed by atoms with van der Waals surface area (Å²) >= 11 is 6.06. The second-order valence-electron chi connectivity index (χ2n) is 8.41. The van der Waals surface area contributed by atoms with Crippen molar-refractivity contribution >= 4 is 17.6 Å². The fraction of sp³-hybridized carbons (Fsp3) is 0.241. The number of rotatable bonds is 10. The van der Waals surface area contributed by atoms with E-state index in [0.717, 1.165) is 24.8 Å². The summed E-state index contributed by atoms with van der Waals surface area (Å²) in [6.45, 7) is 2.39. The molecule has 3 aromatic carbocycles. The van der Waals surface area contributed by atoms with Crippen molar-refractivity contribution in [1.82, 2.24) is 0 Å². The second kappa shape index (κ2) is 12.2. The summed E-state index contributed by atoms with van der Waals surface area (Å²) in [6, 6.07) is 21.6. The van der Waals surface area contributed by atoms with E-state index in [2.05, 4.69) is 13.0 Å². The third-order valence-corrected chi connectivity index (χ3v) is 6.15. The van der Waals surface area contributed by atoms with Gasteiger partial charge in [-0.15, -0.1) is 0 Å². The lowest BCUT2D eigenvalue weighted by atomic mass is 9.83. The quantitative estimate of drug-likeness (QED) is 0.196. The highest BCUT2D eigenvalue weighted by Crippen LogP contribution is 2.45. The summed E-state index contributed by atoms with van der Waals surface area (Å²) in [5, 5.41) is 10.3. The van der Waals surface area contributed by atoms with E-state index in [1.807, 2.05) is 24.3 Å². The zero-order valence-corrected chi connectivity index (χ0v) is 21.2. The van der Waals surface area contributed by atoms with E-state index in [1.165, 1.54) is 0 Å². The Morgan fingerprint density at radius 2 is 1.78 bits per heavy atom. The standard InChI is InChI=1S/C29H27ClN2O5/c1-2-3-8-15-34-24-11-6-4-9-20(24)28-21-14-13-19(16-26(21)37-29(32)22(28)17-31)36-27(33)18-35-25-12-7-5-10-23(25)30/h4-7,9-14,16,28H,2-3,8,15,18,32H2,1H3. The molecular weight excluding hydrogens is 492 g/mol. The molecule has 4 rings (SSSR count). The van der Waals surface area contributed by atoms with Gasteiger partial charge in [-0.05, 0) is 30.7 Å². The molecule has 1 aliphatic heterocycles. The zero-order chi connectivity index (χ0) is 26.2. The van der Waals surface area contributed by atoms with Crippen LogP contribution in [0.25, 0.3) is 0 Å². The maximum atomic E-state index is 12.4. The largest absolute Gasteiger partial charge is 0.493 e. The van der Waals surface area contributed by atoms with Crippen LogP contribution in [0.1, 0.15) is 43.2 Å². The third-order valence-electron chi connectivity index (χ3n) is 5.84. The molecule has 1 aliphatic rings. The summed E-state index contributed by atoms with van der Waals surface area (Å²) in [6.07, 6.45) is 3.10. The first-order valence-electron chi connectivity index (χ1n) is 12.0. The Morgan fingerprint density at radius 1 is 1.03 bits per heavy atom. The highest BCUT2D eigenvalue weighted by molar-refractivity contribution is 6.32. The number of esters is 1. The third kappa shape index (κ3) is 6.16. The van der Waals surface area contributed by atoms with E-state index in [9.17, 15) is 10.1 Å². The summed E-state index contributed by atoms with van der Waals surface area (Å²) in [4.78, 5) is 12.4. The number of nitrogens with zero attached hydrogens (tertiary/aromatic N) is 1. The van der Waals surface area contributed by atoms with Crippen LogP contribution in [0.15, 0.2) is 78.2 Å². The van der Waals surface area contributed by atoms with Gasteiger partial charge in [0.1, 0.15) is 34.6 Å². The van der Waals surface area contributed by atoms with Crippen LogP contribution in [0.5, 0.6) is 23.0 Å². The lowest BCUT2D eigenvalue weighted by Gasteiger charge is -2.28. The molecule has 1 heterocycles. The van der Waals surface area contributed by atoms with Gasteiger partial charge in [0, 0.05) is 17.2 Å². The van der Waals surface area contributed by atoms with Crippen molar-refractivity contribution in [1.29, 1.82) is 5.26 Å². The molecule has 1 unspecified atom stereocenters. The number of allylic oxidation sites excluding steroid dienone is 1. The van der Waals surface area contributed by atoms with Gasteiger partial charge in [-0.2, -0.15) is 5.26 Å². The fourth-order valence-corrected chi connectivity index (χ4v) is 4.25. The molecular formula is C29H27ClN2O5. The first kappa shape index (κ1) is 25.9. The number of carbonyl (C=O) groups is 1. The van der Waals surface area contributed by atoms with Crippen molar-refractivity contribution in [2.75, 3.05) is 13.2 Å². The Kier molecular flexibility index (Phi) is 8.55. The van der Waals surface area contributed by atoms with Gasteiger partial charge in [-0.1, -0.05) is 67.8 Å². The molecule has 0 radical (unpaired) electrons. The minimum atomic E-state index is -0.612. The number of carbonyl (C=O) groups excluding carboxylic acids is 1. The number of fused-ring (bicyclic) bond motifs is 1. The molecule has 37 heavy (non-hydrogen) atoms. The molecule has 0 aromatic heterocycles. The molecule has 0 aliphatic carbocycles. The smallest absolute Gasteiger partial charge is 0.349 e. The molecule has 3 aromatic rings. The van der Waals surface area contributed by atoms with Crippen molar-refractivity contribution in [2.24, 2.45) is 5.73 Å². The topological polar surface area (TPSA) is 104 Å². The Hall–Kier alpha value is -4.15. The van der Waals surface area contributed by atoms with Gasteiger partial charge < -0.3 is 24.7 Å². The number of halogens is 1. The van der Waals surface area contributed by atoms with E-state index in [1.54, 1.807) is 42.5 Å². The van der Waals surface area contributed by atoms with E-state index < -0.39 is 11.9 Å². The summed E-state index contributed by atoms with van der Waals surface area (Å²) in [5.41, 5.74) is 7.96. The van der Waals surface area contributed by atoms with E-state index >= 15 is 0 Å². The minimum Gasteiger partial charge on any atom is -0.493 e. The summed E-state index contributed by atoms with van der Waals surface area (Å²) < 4.78 is 22.7. The van der Waals surface area contributed by atoms with E-state index in [0.29, 0.717) is 34.4 Å². The minimum absolute atomic E-state index is 0.00804. The van der Waals surface area contributed by atoms with Crippen LogP contribution in [-0.4, -0.2) is 19.2 Å². The second-order valence-corrected chi connectivity index (χ2v) is 8.82. The lowest BCUT2D eigenvalue weighted by Crippen LogP contribution is -2.22. The monoisotopic (exact) mass is 518 g/mol. The molecule has 0 bridgehead atoms. The predicted octanol–water partition coefficient (Wildman–Crippen LogP) is 6.11. The number of benzene rings is 3. The Bertz CT molecular complexity index is 1350. The molecule has 0 saturated heterocycles. The van der Waals surface area contributed by atoms with Crippen molar-refractivity contribution in [3.8, 4) is 29.1 Å². The first-order chi connectivity index (χ1) is 18.0. The van der Waals surface area contributed by atoms with Crippen LogP contribution in [0.2, 0.25) is 5.02 Å². The number of unbranched alkanes of at least 4 members (excludes halogenated alkanes) is 2. The highest BCUT2D eigenvalue weighted by atomic mass is 35.5. The number of nitrogens with two attached hydrogens (primary N) is 1. The number of nitriles is 1. The predicted molar refractivity (Wildman–Crippen MR) is 140 cm³/mol. The van der Waals surface area contributed by atoms with E-state index in [4.69, 9.17) is 36.3 Å². The normalized spacial score (nSPS) is 14.2. The Morgan fingerprint density at radius 3 is 2.54 bits per heavy atom. The van der Waals surface area contributed by atoms with Crippen LogP contribution in [-0.2, 0) is 4.79 Å². The first-order valence-corrected chi connectivity index (χ1v) is 12.4. The van der Waals surface area contributed by atoms with Gasteiger partial charge in [0.15, 0.2) is 6.61 Å². The van der Waals surface area contributed by atoms with Crippen LogP contribution in [0.3, 0.4) is 0 Å². The van der Waals surface area contributed by atoms with Crippen LogP contribution in [0, 0.1) is 11.3 Å². The molecule has 0 fully saturated rings. The number of hydrogen-bond acceptors (Lipinski definition) is 7. The molecule has 0 spiro atoms. The average molecular weight is 519 g/mol. The van der Waals surface area contributed by atoms with Gasteiger partial charge in [0.05, 0.1) is 17.5 Å². The Balaban J connectivity index is 1.56. The van der Waals surface area contributed by atoms with Crippen molar-refractivity contribution in [2.45, 2.75) is 32.1 Å². The molecule has 190 valence electrons. The van der Waals surface area contributed by atoms with Crippen LogP contribution >= 0.6 is 11.6 Å². The molecule has 1 atom stereocenters. The SMILES string of the molecule is CCCCCOc1ccccc1C1C(C#N)=C(N)Oc2cc(OC(=O)COc3ccccc3Cl)ccc21. The fourth-order valence-electron chi connectivity index (χ4n) is 4.06. The maximum absolute atomic E-state index is 12.4. The van der Waals surface area contributed by atoms with Gasteiger partial charge in [-0.25, -0.2) is 4.79 Å². The molecule has 7 nitrogen and oxygen atoms in total. The van der Waals surface area contributed by atoms with Crippen molar-refractivity contribution in [3.63, 3.8) is 0 Å². The van der Waals surface area contributed by atoms with Crippen molar-refractivity contribution < 1.29 is 23.7 Å². The van der Waals surface area contributed by atoms with E-state index in [-0.39, 0.29) is 23.8 Å². The average Bonchev–Trinajstić information content (AvgIpc) is 2.90. The van der Waals surface area contributed by atoms with Gasteiger partial charge in [-0.3, -0.25) is 0 Å². The van der Waals surface area contributed by atoms with Gasteiger partial charge in [0.2, 0.25) is 5.88 Å². The zero-order valence-electron chi connectivity index (χ0n) is 20.4. The molecule has 0 amide bonds. The molecule has 2 N–H and O–H groups in total.